The number of amides is 1. The van der Waals surface area contributed by atoms with Crippen molar-refractivity contribution in [3.05, 3.63) is 39.0 Å². The van der Waals surface area contributed by atoms with Crippen LogP contribution in [-0.2, 0) is 4.79 Å². The molecule has 1 amide bonds. The molecule has 17 heavy (non-hydrogen) atoms. The Morgan fingerprint density at radius 1 is 1.53 bits per heavy atom. The van der Waals surface area contributed by atoms with Crippen LogP contribution >= 0.6 is 23.4 Å². The predicted molar refractivity (Wildman–Crippen MR) is 61.4 cm³/mol. The second-order valence-electron chi connectivity index (χ2n) is 2.85. The lowest BCUT2D eigenvalue weighted by Gasteiger charge is -2.04. The van der Waals surface area contributed by atoms with Crippen molar-refractivity contribution in [1.29, 1.82) is 0 Å². The highest BCUT2D eigenvalue weighted by Gasteiger charge is 2.15. The number of hydrogen-bond donors (Lipinski definition) is 0. The molecule has 0 aliphatic heterocycles. The van der Waals surface area contributed by atoms with Crippen LogP contribution in [0.5, 0.6) is 0 Å². The lowest BCUT2D eigenvalue weighted by Crippen LogP contribution is -1.99. The van der Waals surface area contributed by atoms with Crippen LogP contribution in [0.3, 0.4) is 0 Å². The Morgan fingerprint density at radius 2 is 2.18 bits per heavy atom. The average Bonchev–Trinajstić information content (AvgIpc) is 2.21. The highest BCUT2D eigenvalue weighted by atomic mass is 35.5. The van der Waals surface area contributed by atoms with Gasteiger partial charge in [-0.05, 0) is 22.8 Å². The fraction of sp³-hybridized carbons (Fsp3) is 0.111. The molecule has 1 aromatic carbocycles. The highest BCUT2D eigenvalue weighted by molar-refractivity contribution is 8.13. The molecule has 0 saturated heterocycles. The predicted octanol–water partition coefficient (Wildman–Crippen LogP) is 3.57. The second kappa shape index (κ2) is 5.67. The summed E-state index contributed by atoms with van der Waals surface area (Å²) < 4.78 is 13.4. The van der Waals surface area contributed by atoms with Gasteiger partial charge in [0.2, 0.25) is 0 Å². The minimum absolute atomic E-state index is 0.0141. The Hall–Kier alpha value is -1.56. The van der Waals surface area contributed by atoms with Crippen LogP contribution in [0, 0.1) is 5.82 Å². The monoisotopic (exact) mass is 273 g/mol. The quantitative estimate of drug-likeness (QED) is 0.357. The third-order valence-corrected chi connectivity index (χ3v) is 2.91. The molecule has 1 aromatic rings. The van der Waals surface area contributed by atoms with Crippen LogP contribution in [0.25, 0.3) is 10.4 Å². The summed E-state index contributed by atoms with van der Waals surface area (Å²) >= 11 is 6.46. The van der Waals surface area contributed by atoms with Crippen molar-refractivity contribution < 1.29 is 14.0 Å². The third-order valence-electron chi connectivity index (χ3n) is 1.64. The largest absolute Gasteiger partial charge is 0.287 e. The van der Waals surface area contributed by atoms with Gasteiger partial charge in [-0.25, -0.2) is 4.39 Å². The van der Waals surface area contributed by atoms with Gasteiger partial charge in [0.15, 0.2) is 5.12 Å². The summed E-state index contributed by atoms with van der Waals surface area (Å²) in [6.07, 6.45) is 0. The van der Waals surface area contributed by atoms with Gasteiger partial charge in [0, 0.05) is 16.7 Å². The Bertz CT molecular complexity index is 543. The van der Waals surface area contributed by atoms with Crippen molar-refractivity contribution >= 4 is 34.4 Å². The van der Waals surface area contributed by atoms with Crippen LogP contribution in [0.2, 0.25) is 5.02 Å². The molecular weight excluding hydrogens is 269 g/mol. The summed E-state index contributed by atoms with van der Waals surface area (Å²) in [4.78, 5) is 24.6. The third kappa shape index (κ3) is 3.45. The van der Waals surface area contributed by atoms with Crippen molar-refractivity contribution in [3.63, 3.8) is 0 Å². The molecule has 0 fully saturated rings. The summed E-state index contributed by atoms with van der Waals surface area (Å²) in [7, 11) is 0. The van der Waals surface area contributed by atoms with Gasteiger partial charge in [-0.2, -0.15) is 0 Å². The molecule has 0 N–H and O–H groups in total. The first-order valence-corrected chi connectivity index (χ1v) is 5.42. The van der Waals surface area contributed by atoms with Gasteiger partial charge >= 0.3 is 0 Å². The van der Waals surface area contributed by atoms with E-state index in [2.05, 4.69) is 10.0 Å². The maximum atomic E-state index is 13.4. The van der Waals surface area contributed by atoms with Crippen LogP contribution in [0.4, 0.5) is 4.39 Å². The molecule has 5 nitrogen and oxygen atoms in total. The molecule has 0 atom stereocenters. The smallest absolute Gasteiger partial charge is 0.252 e. The minimum Gasteiger partial charge on any atom is -0.287 e. The standard InChI is InChI=1S/C9H5ClFN3O2S/c1-4(15)17-8-2-5(9(16)13-14-12)7(11)3-6(8)10/h2-3H,1H3. The number of azide groups is 1. The summed E-state index contributed by atoms with van der Waals surface area (Å²) in [5.41, 5.74) is 7.67. The Kier molecular flexibility index (Phi) is 4.51. The lowest BCUT2D eigenvalue weighted by atomic mass is 10.2. The number of carbonyl (C=O) groups is 2. The van der Waals surface area contributed by atoms with Crippen molar-refractivity contribution in [2.24, 2.45) is 5.11 Å². The molecule has 0 heterocycles. The number of rotatable bonds is 2. The molecule has 0 radical (unpaired) electrons. The zero-order valence-electron chi connectivity index (χ0n) is 8.48. The van der Waals surface area contributed by atoms with E-state index in [1.54, 1.807) is 0 Å². The van der Waals surface area contributed by atoms with Gasteiger partial charge < -0.3 is 0 Å². The highest BCUT2D eigenvalue weighted by Crippen LogP contribution is 2.30. The molecular formula is C9H5ClFN3O2S. The number of hydrogen-bond acceptors (Lipinski definition) is 3. The fourth-order valence-corrected chi connectivity index (χ4v) is 1.93. The van der Waals surface area contributed by atoms with Crippen LogP contribution in [0.1, 0.15) is 17.3 Å². The fourth-order valence-electron chi connectivity index (χ4n) is 1.02. The van der Waals surface area contributed by atoms with Crippen molar-refractivity contribution in [2.45, 2.75) is 11.8 Å². The van der Waals surface area contributed by atoms with E-state index in [0.29, 0.717) is 0 Å². The maximum absolute atomic E-state index is 13.4. The van der Waals surface area contributed by atoms with Crippen LogP contribution < -0.4 is 0 Å². The number of nitrogens with zero attached hydrogens (tertiary/aromatic N) is 3. The van der Waals surface area contributed by atoms with E-state index in [4.69, 9.17) is 17.1 Å². The van der Waals surface area contributed by atoms with E-state index in [0.717, 1.165) is 23.9 Å². The van der Waals surface area contributed by atoms with Gasteiger partial charge in [0.25, 0.3) is 5.91 Å². The van der Waals surface area contributed by atoms with E-state index in [9.17, 15) is 14.0 Å². The number of benzene rings is 1. The van der Waals surface area contributed by atoms with Gasteiger partial charge in [-0.15, -0.1) is 0 Å². The summed E-state index contributed by atoms with van der Waals surface area (Å²) in [6.45, 7) is 1.30. The van der Waals surface area contributed by atoms with Gasteiger partial charge in [0.05, 0.1) is 10.6 Å². The summed E-state index contributed by atoms with van der Waals surface area (Å²) in [5.74, 6) is -1.97. The second-order valence-corrected chi connectivity index (χ2v) is 4.48. The van der Waals surface area contributed by atoms with E-state index < -0.39 is 17.3 Å². The molecule has 0 saturated carbocycles. The normalized spacial score (nSPS) is 9.59. The minimum atomic E-state index is -1.06. The molecule has 0 unspecified atom stereocenters. The molecule has 1 rings (SSSR count). The maximum Gasteiger partial charge on any atom is 0.252 e. The van der Waals surface area contributed by atoms with Gasteiger partial charge in [0.1, 0.15) is 5.82 Å². The first kappa shape index (κ1) is 13.5. The van der Waals surface area contributed by atoms with Gasteiger partial charge in [-0.1, -0.05) is 23.4 Å². The molecule has 0 spiro atoms. The molecule has 0 aliphatic rings. The molecule has 88 valence electrons. The van der Waals surface area contributed by atoms with E-state index >= 15 is 0 Å². The zero-order chi connectivity index (χ0) is 13.0. The topological polar surface area (TPSA) is 82.9 Å². The van der Waals surface area contributed by atoms with Crippen molar-refractivity contribution in [3.8, 4) is 0 Å². The van der Waals surface area contributed by atoms with Crippen molar-refractivity contribution in [1.82, 2.24) is 0 Å². The average molecular weight is 274 g/mol. The van der Waals surface area contributed by atoms with Crippen LogP contribution in [-0.4, -0.2) is 11.0 Å². The SMILES string of the molecule is CC(=O)Sc1cc(C(=O)N=[N+]=[N-])c(F)cc1Cl. The summed E-state index contributed by atoms with van der Waals surface area (Å²) in [5, 5.41) is 2.52. The van der Waals surface area contributed by atoms with E-state index in [1.807, 2.05) is 0 Å². The van der Waals surface area contributed by atoms with Gasteiger partial charge in [-0.3, -0.25) is 9.59 Å². The molecule has 8 heteroatoms. The lowest BCUT2D eigenvalue weighted by molar-refractivity contribution is -0.109. The van der Waals surface area contributed by atoms with Crippen LogP contribution in [0.15, 0.2) is 22.1 Å². The molecule has 0 aromatic heterocycles. The number of thioether (sulfide) groups is 1. The molecule has 0 bridgehead atoms. The first-order valence-electron chi connectivity index (χ1n) is 4.22. The Morgan fingerprint density at radius 3 is 2.71 bits per heavy atom. The Balaban J connectivity index is 3.27. The molecule has 0 aliphatic carbocycles. The zero-order valence-corrected chi connectivity index (χ0v) is 10.0. The van der Waals surface area contributed by atoms with E-state index in [-0.39, 0.29) is 15.0 Å². The Labute approximate surface area is 105 Å². The number of carbonyl (C=O) groups excluding carboxylic acids is 2. The summed E-state index contributed by atoms with van der Waals surface area (Å²) in [6, 6.07) is 1.98. The van der Waals surface area contributed by atoms with Crippen molar-refractivity contribution in [2.75, 3.05) is 0 Å². The number of halogens is 2. The first-order chi connectivity index (χ1) is 7.95. The van der Waals surface area contributed by atoms with E-state index in [1.165, 1.54) is 6.92 Å².